The van der Waals surface area contributed by atoms with E-state index in [2.05, 4.69) is 133 Å². The van der Waals surface area contributed by atoms with Crippen LogP contribution in [0.1, 0.15) is 0 Å². The molecular formula is C45H27N3O. The predicted molar refractivity (Wildman–Crippen MR) is 201 cm³/mol. The summed E-state index contributed by atoms with van der Waals surface area (Å²) in [5.74, 6) is 1.84. The largest absolute Gasteiger partial charge is 0.456 e. The molecule has 2 heterocycles. The number of rotatable bonds is 4. The van der Waals surface area contributed by atoms with Crippen LogP contribution < -0.4 is 0 Å². The lowest BCUT2D eigenvalue weighted by atomic mass is 9.95. The van der Waals surface area contributed by atoms with Gasteiger partial charge in [-0.3, -0.25) is 0 Å². The van der Waals surface area contributed by atoms with Crippen LogP contribution in [0.15, 0.2) is 168 Å². The first kappa shape index (κ1) is 27.5. The molecule has 0 unspecified atom stereocenters. The van der Waals surface area contributed by atoms with E-state index in [-0.39, 0.29) is 0 Å². The van der Waals surface area contributed by atoms with Crippen molar-refractivity contribution in [3.05, 3.63) is 164 Å². The standard InChI is InChI=1S/C45H27N3O/c1-2-13-31(14-3-1)43-46-44(35-21-19-29-11-5-7-16-33(29)25-35)48-45(47-43)38-26-36(34-20-18-28-10-4-6-15-32(28)24-34)27-40-42(38)41-37-17-9-8-12-30(37)22-23-39(41)49-40/h1-27H. The minimum absolute atomic E-state index is 0.597. The first-order valence-corrected chi connectivity index (χ1v) is 16.4. The summed E-state index contributed by atoms with van der Waals surface area (Å²) in [7, 11) is 0. The Hall–Kier alpha value is -6.65. The zero-order chi connectivity index (χ0) is 32.3. The van der Waals surface area contributed by atoms with Crippen molar-refractivity contribution >= 4 is 54.3 Å². The number of furan rings is 1. The van der Waals surface area contributed by atoms with Gasteiger partial charge in [0.05, 0.1) is 0 Å². The van der Waals surface area contributed by atoms with Crippen molar-refractivity contribution in [1.82, 2.24) is 15.0 Å². The second-order valence-corrected chi connectivity index (χ2v) is 12.5. The molecule has 4 heteroatoms. The first-order valence-electron chi connectivity index (χ1n) is 16.4. The normalized spacial score (nSPS) is 11.7. The van der Waals surface area contributed by atoms with Gasteiger partial charge in [-0.05, 0) is 73.8 Å². The zero-order valence-electron chi connectivity index (χ0n) is 26.3. The fourth-order valence-corrected chi connectivity index (χ4v) is 7.05. The van der Waals surface area contributed by atoms with Gasteiger partial charge < -0.3 is 4.42 Å². The van der Waals surface area contributed by atoms with Crippen molar-refractivity contribution in [2.45, 2.75) is 0 Å². The van der Waals surface area contributed by atoms with Gasteiger partial charge in [-0.1, -0.05) is 133 Å². The molecule has 10 aromatic rings. The monoisotopic (exact) mass is 625 g/mol. The highest BCUT2D eigenvalue weighted by molar-refractivity contribution is 6.23. The summed E-state index contributed by atoms with van der Waals surface area (Å²) in [5.41, 5.74) is 6.52. The Morgan fingerprint density at radius 1 is 0.327 bits per heavy atom. The van der Waals surface area contributed by atoms with Gasteiger partial charge in [0.2, 0.25) is 0 Å². The van der Waals surface area contributed by atoms with Crippen LogP contribution in [0, 0.1) is 0 Å². The highest BCUT2D eigenvalue weighted by atomic mass is 16.3. The van der Waals surface area contributed by atoms with Gasteiger partial charge >= 0.3 is 0 Å². The average molecular weight is 626 g/mol. The van der Waals surface area contributed by atoms with E-state index in [1.807, 2.05) is 30.3 Å². The lowest BCUT2D eigenvalue weighted by Gasteiger charge is -2.12. The van der Waals surface area contributed by atoms with Gasteiger partial charge in [0, 0.05) is 27.5 Å². The summed E-state index contributed by atoms with van der Waals surface area (Å²) in [6, 6.07) is 56.9. The van der Waals surface area contributed by atoms with E-state index in [4.69, 9.17) is 19.4 Å². The van der Waals surface area contributed by atoms with Crippen LogP contribution >= 0.6 is 0 Å². The molecule has 0 saturated heterocycles. The van der Waals surface area contributed by atoms with Crippen LogP contribution in [-0.2, 0) is 0 Å². The molecule has 0 aliphatic carbocycles. The molecule has 0 amide bonds. The second-order valence-electron chi connectivity index (χ2n) is 12.5. The van der Waals surface area contributed by atoms with Crippen molar-refractivity contribution in [1.29, 1.82) is 0 Å². The van der Waals surface area contributed by atoms with Crippen molar-refractivity contribution in [2.24, 2.45) is 0 Å². The molecule has 0 saturated carbocycles. The Morgan fingerprint density at radius 2 is 0.898 bits per heavy atom. The van der Waals surface area contributed by atoms with E-state index >= 15 is 0 Å². The Kier molecular flexibility index (Phi) is 6.15. The quantitative estimate of drug-likeness (QED) is 0.195. The number of hydrogen-bond donors (Lipinski definition) is 0. The Bertz CT molecular complexity index is 2890. The van der Waals surface area contributed by atoms with Crippen molar-refractivity contribution in [3.63, 3.8) is 0 Å². The molecule has 0 N–H and O–H groups in total. The van der Waals surface area contributed by atoms with E-state index in [1.165, 1.54) is 16.2 Å². The maximum atomic E-state index is 6.68. The van der Waals surface area contributed by atoms with Crippen LogP contribution in [0.25, 0.3) is 99.5 Å². The average Bonchev–Trinajstić information content (AvgIpc) is 3.56. The summed E-state index contributed by atoms with van der Waals surface area (Å²) in [5, 5.41) is 9.02. The smallest absolute Gasteiger partial charge is 0.164 e. The molecule has 10 rings (SSSR count). The third kappa shape index (κ3) is 4.65. The van der Waals surface area contributed by atoms with Crippen LogP contribution in [0.5, 0.6) is 0 Å². The van der Waals surface area contributed by atoms with Gasteiger partial charge in [0.1, 0.15) is 11.2 Å². The Balaban J connectivity index is 1.30. The molecule has 0 spiro atoms. The second kappa shape index (κ2) is 11.0. The molecule has 0 aliphatic rings. The third-order valence-electron chi connectivity index (χ3n) is 9.46. The van der Waals surface area contributed by atoms with Crippen LogP contribution in [-0.4, -0.2) is 15.0 Å². The maximum Gasteiger partial charge on any atom is 0.164 e. The first-order chi connectivity index (χ1) is 24.2. The molecule has 2 aromatic heterocycles. The number of hydrogen-bond acceptors (Lipinski definition) is 4. The fraction of sp³-hybridized carbons (Fsp3) is 0. The minimum Gasteiger partial charge on any atom is -0.456 e. The maximum absolute atomic E-state index is 6.68. The van der Waals surface area contributed by atoms with E-state index in [1.54, 1.807) is 0 Å². The number of fused-ring (bicyclic) bond motifs is 7. The van der Waals surface area contributed by atoms with Gasteiger partial charge in [0.25, 0.3) is 0 Å². The van der Waals surface area contributed by atoms with Gasteiger partial charge in [-0.15, -0.1) is 0 Å². The summed E-state index contributed by atoms with van der Waals surface area (Å²) >= 11 is 0. The summed E-state index contributed by atoms with van der Waals surface area (Å²) in [4.78, 5) is 15.5. The van der Waals surface area contributed by atoms with Gasteiger partial charge in [-0.2, -0.15) is 0 Å². The molecule has 4 nitrogen and oxygen atoms in total. The van der Waals surface area contributed by atoms with E-state index in [0.29, 0.717) is 17.5 Å². The van der Waals surface area contributed by atoms with Crippen molar-refractivity contribution in [2.75, 3.05) is 0 Å². The lowest BCUT2D eigenvalue weighted by Crippen LogP contribution is -2.00. The van der Waals surface area contributed by atoms with E-state index in [0.717, 1.165) is 65.9 Å². The zero-order valence-corrected chi connectivity index (χ0v) is 26.3. The fourth-order valence-electron chi connectivity index (χ4n) is 7.05. The molecule has 228 valence electrons. The molecular weight excluding hydrogens is 599 g/mol. The van der Waals surface area contributed by atoms with Gasteiger partial charge in [-0.25, -0.2) is 15.0 Å². The molecule has 0 bridgehead atoms. The highest BCUT2D eigenvalue weighted by Crippen LogP contribution is 2.43. The van der Waals surface area contributed by atoms with E-state index < -0.39 is 0 Å². The predicted octanol–water partition coefficient (Wildman–Crippen LogP) is 11.9. The minimum atomic E-state index is 0.597. The molecule has 49 heavy (non-hydrogen) atoms. The highest BCUT2D eigenvalue weighted by Gasteiger charge is 2.21. The number of benzene rings is 8. The lowest BCUT2D eigenvalue weighted by molar-refractivity contribution is 0.669. The Morgan fingerprint density at radius 3 is 1.65 bits per heavy atom. The topological polar surface area (TPSA) is 51.8 Å². The summed E-state index contributed by atoms with van der Waals surface area (Å²) in [6.45, 7) is 0. The third-order valence-corrected chi connectivity index (χ3v) is 9.46. The van der Waals surface area contributed by atoms with Crippen LogP contribution in [0.2, 0.25) is 0 Å². The molecule has 0 radical (unpaired) electrons. The Labute approximate surface area is 282 Å². The van der Waals surface area contributed by atoms with Crippen LogP contribution in [0.3, 0.4) is 0 Å². The van der Waals surface area contributed by atoms with E-state index in [9.17, 15) is 0 Å². The molecule has 0 atom stereocenters. The SMILES string of the molecule is c1ccc(-c2nc(-c3ccc4ccccc4c3)nc(-c3cc(-c4ccc5ccccc5c4)cc4oc5ccc6ccccc6c5c34)n2)cc1. The number of nitrogens with zero attached hydrogens (tertiary/aromatic N) is 3. The molecule has 8 aromatic carbocycles. The summed E-state index contributed by atoms with van der Waals surface area (Å²) < 4.78 is 6.68. The molecule has 0 aliphatic heterocycles. The number of aromatic nitrogens is 3. The van der Waals surface area contributed by atoms with Gasteiger partial charge in [0.15, 0.2) is 17.5 Å². The van der Waals surface area contributed by atoms with Crippen molar-refractivity contribution < 1.29 is 4.42 Å². The van der Waals surface area contributed by atoms with Crippen molar-refractivity contribution in [3.8, 4) is 45.3 Å². The molecule has 0 fully saturated rings. The van der Waals surface area contributed by atoms with Crippen LogP contribution in [0.4, 0.5) is 0 Å². The summed E-state index contributed by atoms with van der Waals surface area (Å²) in [6.07, 6.45) is 0.